The number of amides is 1. The standard InChI is InChI=1S/C21H26ClN5O2/c1-14-6-7-15(2)19(12-14)29-13-26-11-8-18(25-26)21(28)23-9-5-10-27-17(4)20(22)16(3)24-27/h6-8,11-12H,5,9-10,13H2,1-4H3,(H,23,28). The second-order valence-corrected chi connectivity index (χ2v) is 7.48. The minimum Gasteiger partial charge on any atom is -0.471 e. The number of rotatable bonds is 8. The maximum Gasteiger partial charge on any atom is 0.271 e. The van der Waals surface area contributed by atoms with E-state index in [-0.39, 0.29) is 12.6 Å². The van der Waals surface area contributed by atoms with Crippen molar-refractivity contribution in [2.45, 2.75) is 47.4 Å². The summed E-state index contributed by atoms with van der Waals surface area (Å²) >= 11 is 6.15. The molecule has 1 aromatic carbocycles. The van der Waals surface area contributed by atoms with E-state index in [1.165, 1.54) is 0 Å². The van der Waals surface area contributed by atoms with Gasteiger partial charge in [-0.1, -0.05) is 23.7 Å². The molecule has 0 saturated carbocycles. The van der Waals surface area contributed by atoms with Crippen LogP contribution in [0.15, 0.2) is 30.5 Å². The molecule has 154 valence electrons. The monoisotopic (exact) mass is 415 g/mol. The number of nitrogens with zero attached hydrogens (tertiary/aromatic N) is 4. The molecule has 0 saturated heterocycles. The van der Waals surface area contributed by atoms with Gasteiger partial charge >= 0.3 is 0 Å². The molecule has 0 fully saturated rings. The largest absolute Gasteiger partial charge is 0.471 e. The van der Waals surface area contributed by atoms with Gasteiger partial charge in [-0.25, -0.2) is 4.68 Å². The van der Waals surface area contributed by atoms with Gasteiger partial charge in [0, 0.05) is 19.3 Å². The lowest BCUT2D eigenvalue weighted by Crippen LogP contribution is -2.26. The molecule has 7 nitrogen and oxygen atoms in total. The highest BCUT2D eigenvalue weighted by atomic mass is 35.5. The highest BCUT2D eigenvalue weighted by Crippen LogP contribution is 2.20. The predicted molar refractivity (Wildman–Crippen MR) is 112 cm³/mol. The molecule has 8 heteroatoms. The number of carbonyl (C=O) groups excluding carboxylic acids is 1. The number of hydrogen-bond donors (Lipinski definition) is 1. The third-order valence-electron chi connectivity index (χ3n) is 4.69. The third kappa shape index (κ3) is 5.17. The van der Waals surface area contributed by atoms with Crippen molar-refractivity contribution in [1.82, 2.24) is 24.9 Å². The highest BCUT2D eigenvalue weighted by Gasteiger charge is 2.11. The Morgan fingerprint density at radius 2 is 1.97 bits per heavy atom. The molecule has 0 aliphatic carbocycles. The van der Waals surface area contributed by atoms with Gasteiger partial charge in [-0.05, 0) is 57.4 Å². The van der Waals surface area contributed by atoms with Gasteiger partial charge in [-0.3, -0.25) is 9.48 Å². The second kappa shape index (κ2) is 9.13. The Bertz CT molecular complexity index is 1010. The first kappa shape index (κ1) is 20.9. The van der Waals surface area contributed by atoms with E-state index in [1.54, 1.807) is 16.9 Å². The molecule has 3 aromatic rings. The topological polar surface area (TPSA) is 74.0 Å². The summed E-state index contributed by atoms with van der Waals surface area (Å²) in [6.07, 6.45) is 2.48. The maximum absolute atomic E-state index is 12.3. The van der Waals surface area contributed by atoms with Crippen molar-refractivity contribution < 1.29 is 9.53 Å². The summed E-state index contributed by atoms with van der Waals surface area (Å²) in [7, 11) is 0. The van der Waals surface area contributed by atoms with E-state index in [0.717, 1.165) is 34.7 Å². The number of benzene rings is 1. The van der Waals surface area contributed by atoms with Crippen LogP contribution in [0.4, 0.5) is 0 Å². The van der Waals surface area contributed by atoms with Gasteiger partial charge in [0.2, 0.25) is 0 Å². The maximum atomic E-state index is 12.3. The van der Waals surface area contributed by atoms with Crippen molar-refractivity contribution in [2.75, 3.05) is 6.54 Å². The van der Waals surface area contributed by atoms with Gasteiger partial charge < -0.3 is 10.1 Å². The number of ether oxygens (including phenoxy) is 1. The van der Waals surface area contributed by atoms with Crippen LogP contribution in [0.3, 0.4) is 0 Å². The number of carbonyl (C=O) groups is 1. The number of hydrogen-bond acceptors (Lipinski definition) is 4. The lowest BCUT2D eigenvalue weighted by Gasteiger charge is -2.10. The van der Waals surface area contributed by atoms with Crippen molar-refractivity contribution in [1.29, 1.82) is 0 Å². The van der Waals surface area contributed by atoms with Crippen LogP contribution in [0.2, 0.25) is 5.02 Å². The summed E-state index contributed by atoms with van der Waals surface area (Å²) < 4.78 is 9.29. The SMILES string of the molecule is Cc1ccc(C)c(OCn2ccc(C(=O)NCCCn3nc(C)c(Cl)c3C)n2)c1. The van der Waals surface area contributed by atoms with E-state index in [9.17, 15) is 4.79 Å². The first-order valence-corrected chi connectivity index (χ1v) is 9.94. The van der Waals surface area contributed by atoms with Crippen molar-refractivity contribution in [2.24, 2.45) is 0 Å². The van der Waals surface area contributed by atoms with Crippen LogP contribution >= 0.6 is 11.6 Å². The molecule has 0 aliphatic heterocycles. The molecule has 2 aromatic heterocycles. The Kier molecular flexibility index (Phi) is 6.59. The summed E-state index contributed by atoms with van der Waals surface area (Å²) in [6, 6.07) is 7.74. The minimum atomic E-state index is -0.207. The van der Waals surface area contributed by atoms with Crippen molar-refractivity contribution in [3.05, 3.63) is 63.7 Å². The Hall–Kier alpha value is -2.80. The molecule has 0 bridgehead atoms. The molecule has 2 heterocycles. The minimum absolute atomic E-state index is 0.207. The summed E-state index contributed by atoms with van der Waals surface area (Å²) in [5.74, 6) is 0.609. The van der Waals surface area contributed by atoms with Gasteiger partial charge in [-0.15, -0.1) is 0 Å². The van der Waals surface area contributed by atoms with E-state index in [4.69, 9.17) is 16.3 Å². The summed E-state index contributed by atoms with van der Waals surface area (Å²) in [5.41, 5.74) is 4.32. The molecular formula is C21H26ClN5O2. The Balaban J connectivity index is 1.46. The Morgan fingerprint density at radius 1 is 1.17 bits per heavy atom. The first-order valence-electron chi connectivity index (χ1n) is 9.56. The molecular weight excluding hydrogens is 390 g/mol. The average molecular weight is 416 g/mol. The van der Waals surface area contributed by atoms with E-state index < -0.39 is 0 Å². The number of aryl methyl sites for hydroxylation is 4. The first-order chi connectivity index (χ1) is 13.8. The van der Waals surface area contributed by atoms with Crippen molar-refractivity contribution in [3.63, 3.8) is 0 Å². The van der Waals surface area contributed by atoms with E-state index in [0.29, 0.717) is 23.8 Å². The van der Waals surface area contributed by atoms with Crippen LogP contribution in [0, 0.1) is 27.7 Å². The predicted octanol–water partition coefficient (Wildman–Crippen LogP) is 3.82. The van der Waals surface area contributed by atoms with Gasteiger partial charge in [-0.2, -0.15) is 10.2 Å². The number of halogens is 1. The van der Waals surface area contributed by atoms with Crippen LogP contribution in [0.5, 0.6) is 5.75 Å². The van der Waals surface area contributed by atoms with Gasteiger partial charge in [0.1, 0.15) is 11.4 Å². The molecule has 1 amide bonds. The van der Waals surface area contributed by atoms with Crippen molar-refractivity contribution >= 4 is 17.5 Å². The lowest BCUT2D eigenvalue weighted by molar-refractivity contribution is 0.0945. The van der Waals surface area contributed by atoms with Crippen LogP contribution in [-0.2, 0) is 13.3 Å². The van der Waals surface area contributed by atoms with Crippen LogP contribution < -0.4 is 10.1 Å². The Labute approximate surface area is 175 Å². The normalized spacial score (nSPS) is 10.9. The quantitative estimate of drug-likeness (QED) is 0.567. The summed E-state index contributed by atoms with van der Waals surface area (Å²) in [6.45, 7) is 9.30. The fourth-order valence-corrected chi connectivity index (χ4v) is 3.10. The second-order valence-electron chi connectivity index (χ2n) is 7.10. The highest BCUT2D eigenvalue weighted by molar-refractivity contribution is 6.31. The molecule has 0 unspecified atom stereocenters. The third-order valence-corrected chi connectivity index (χ3v) is 5.24. The Morgan fingerprint density at radius 3 is 2.69 bits per heavy atom. The molecule has 1 N–H and O–H groups in total. The summed E-state index contributed by atoms with van der Waals surface area (Å²) in [5, 5.41) is 12.3. The van der Waals surface area contributed by atoms with Gasteiger partial charge in [0.25, 0.3) is 5.91 Å². The molecule has 29 heavy (non-hydrogen) atoms. The van der Waals surface area contributed by atoms with E-state index in [2.05, 4.69) is 15.5 Å². The lowest BCUT2D eigenvalue weighted by atomic mass is 10.1. The average Bonchev–Trinajstić information content (AvgIpc) is 3.27. The zero-order valence-corrected chi connectivity index (χ0v) is 18.0. The fourth-order valence-electron chi connectivity index (χ4n) is 2.97. The smallest absolute Gasteiger partial charge is 0.271 e. The molecule has 0 atom stereocenters. The molecule has 0 aliphatic rings. The summed E-state index contributed by atoms with van der Waals surface area (Å²) in [4.78, 5) is 12.3. The van der Waals surface area contributed by atoms with Gasteiger partial charge in [0.15, 0.2) is 6.73 Å². The fraction of sp³-hybridized carbons (Fsp3) is 0.381. The van der Waals surface area contributed by atoms with E-state index >= 15 is 0 Å². The van der Waals surface area contributed by atoms with Gasteiger partial charge in [0.05, 0.1) is 16.4 Å². The zero-order chi connectivity index (χ0) is 21.0. The number of nitrogens with one attached hydrogen (secondary N) is 1. The zero-order valence-electron chi connectivity index (χ0n) is 17.2. The number of aromatic nitrogens is 4. The van der Waals surface area contributed by atoms with Crippen LogP contribution in [0.25, 0.3) is 0 Å². The van der Waals surface area contributed by atoms with E-state index in [1.807, 2.05) is 50.6 Å². The molecule has 0 spiro atoms. The van der Waals surface area contributed by atoms with Crippen molar-refractivity contribution in [3.8, 4) is 5.75 Å². The molecule has 3 rings (SSSR count). The molecule has 0 radical (unpaired) electrons. The van der Waals surface area contributed by atoms with Crippen LogP contribution in [0.1, 0.15) is 39.4 Å². The van der Waals surface area contributed by atoms with Crippen LogP contribution in [-0.4, -0.2) is 32.0 Å².